The molecule has 0 aliphatic heterocycles. The number of sulfonamides is 1. The summed E-state index contributed by atoms with van der Waals surface area (Å²) in [4.78, 5) is 3.80. The maximum Gasteiger partial charge on any atom is 0.263 e. The van der Waals surface area contributed by atoms with Crippen molar-refractivity contribution in [1.82, 2.24) is 4.98 Å². The molecule has 9 heteroatoms. The van der Waals surface area contributed by atoms with Crippen LogP contribution >= 0.6 is 27.5 Å². The van der Waals surface area contributed by atoms with Crippen LogP contribution in [-0.4, -0.2) is 13.4 Å². The van der Waals surface area contributed by atoms with Gasteiger partial charge in [0.05, 0.1) is 10.7 Å². The SMILES string of the molecule is Cc1cc(Br)ccc1NS(=O)(=O)c1cnc(NN)c(Cl)c1. The lowest BCUT2D eigenvalue weighted by atomic mass is 10.2. The molecule has 0 aliphatic carbocycles. The van der Waals surface area contributed by atoms with Crippen LogP contribution < -0.4 is 16.0 Å². The van der Waals surface area contributed by atoms with Gasteiger partial charge in [0.1, 0.15) is 4.90 Å². The summed E-state index contributed by atoms with van der Waals surface area (Å²) in [6.45, 7) is 1.80. The van der Waals surface area contributed by atoms with Gasteiger partial charge >= 0.3 is 0 Å². The van der Waals surface area contributed by atoms with Gasteiger partial charge in [-0.1, -0.05) is 27.5 Å². The van der Waals surface area contributed by atoms with Gasteiger partial charge in [-0.3, -0.25) is 4.72 Å². The highest BCUT2D eigenvalue weighted by Crippen LogP contribution is 2.25. The number of pyridine rings is 1. The van der Waals surface area contributed by atoms with Crippen LogP contribution in [0.1, 0.15) is 5.56 Å². The molecule has 0 saturated carbocycles. The average molecular weight is 392 g/mol. The highest BCUT2D eigenvalue weighted by Gasteiger charge is 2.17. The normalized spacial score (nSPS) is 11.2. The van der Waals surface area contributed by atoms with E-state index >= 15 is 0 Å². The number of aromatic nitrogens is 1. The van der Waals surface area contributed by atoms with E-state index < -0.39 is 10.0 Å². The molecule has 1 heterocycles. The second kappa shape index (κ2) is 6.18. The molecule has 21 heavy (non-hydrogen) atoms. The Balaban J connectivity index is 2.36. The number of rotatable bonds is 4. The lowest BCUT2D eigenvalue weighted by Gasteiger charge is -2.11. The molecule has 0 radical (unpaired) electrons. The van der Waals surface area contributed by atoms with Crippen molar-refractivity contribution in [3.63, 3.8) is 0 Å². The summed E-state index contributed by atoms with van der Waals surface area (Å²) >= 11 is 9.21. The largest absolute Gasteiger partial charge is 0.307 e. The van der Waals surface area contributed by atoms with Crippen molar-refractivity contribution in [3.05, 3.63) is 45.5 Å². The average Bonchev–Trinajstić information content (AvgIpc) is 2.42. The molecule has 0 atom stereocenters. The first-order chi connectivity index (χ1) is 9.83. The molecule has 4 N–H and O–H groups in total. The van der Waals surface area contributed by atoms with Crippen molar-refractivity contribution >= 4 is 49.1 Å². The Morgan fingerprint density at radius 2 is 2.05 bits per heavy atom. The molecule has 0 amide bonds. The predicted octanol–water partition coefficient (Wildman–Crippen LogP) is 2.89. The zero-order valence-electron chi connectivity index (χ0n) is 10.9. The first kappa shape index (κ1) is 16.0. The van der Waals surface area contributed by atoms with Gasteiger partial charge in [-0.25, -0.2) is 19.2 Å². The molecular formula is C12H12BrClN4O2S. The summed E-state index contributed by atoms with van der Waals surface area (Å²) in [6, 6.07) is 6.50. The van der Waals surface area contributed by atoms with Crippen LogP contribution in [0.25, 0.3) is 0 Å². The molecular weight excluding hydrogens is 380 g/mol. The Morgan fingerprint density at radius 3 is 2.62 bits per heavy atom. The van der Waals surface area contributed by atoms with E-state index in [1.165, 1.54) is 12.3 Å². The maximum absolute atomic E-state index is 12.3. The lowest BCUT2D eigenvalue weighted by molar-refractivity contribution is 0.601. The number of nitrogens with two attached hydrogens (primary N) is 1. The van der Waals surface area contributed by atoms with E-state index in [0.29, 0.717) is 5.69 Å². The van der Waals surface area contributed by atoms with Crippen LogP contribution in [0, 0.1) is 6.92 Å². The summed E-state index contributed by atoms with van der Waals surface area (Å²) < 4.78 is 28.0. The summed E-state index contributed by atoms with van der Waals surface area (Å²) in [5, 5.41) is 0.118. The minimum absolute atomic E-state index is 0.0474. The molecule has 112 valence electrons. The summed E-state index contributed by atoms with van der Waals surface area (Å²) in [5.41, 5.74) is 3.54. The number of hydrazine groups is 1. The van der Waals surface area contributed by atoms with E-state index in [0.717, 1.165) is 10.0 Å². The van der Waals surface area contributed by atoms with Gasteiger partial charge in [-0.05, 0) is 36.8 Å². The third-order valence-corrected chi connectivity index (χ3v) is 4.81. The quantitative estimate of drug-likeness (QED) is 0.550. The molecule has 0 saturated heterocycles. The van der Waals surface area contributed by atoms with E-state index in [2.05, 4.69) is 31.1 Å². The summed E-state index contributed by atoms with van der Waals surface area (Å²) in [6.07, 6.45) is 1.18. The minimum Gasteiger partial charge on any atom is -0.307 e. The van der Waals surface area contributed by atoms with E-state index in [1.54, 1.807) is 19.1 Å². The molecule has 1 aromatic carbocycles. The van der Waals surface area contributed by atoms with Gasteiger partial charge in [0, 0.05) is 10.7 Å². The van der Waals surface area contributed by atoms with Crippen LogP contribution in [0.15, 0.2) is 39.8 Å². The fourth-order valence-corrected chi connectivity index (χ4v) is 3.48. The molecule has 1 aromatic heterocycles. The van der Waals surface area contributed by atoms with Gasteiger partial charge in [-0.15, -0.1) is 0 Å². The van der Waals surface area contributed by atoms with Crippen LogP contribution in [0.5, 0.6) is 0 Å². The molecule has 0 fully saturated rings. The van der Waals surface area contributed by atoms with E-state index in [4.69, 9.17) is 17.4 Å². The number of nitrogen functional groups attached to an aromatic ring is 1. The third kappa shape index (κ3) is 3.65. The van der Waals surface area contributed by atoms with Gasteiger partial charge in [-0.2, -0.15) is 0 Å². The summed E-state index contributed by atoms with van der Waals surface area (Å²) in [7, 11) is -3.78. The smallest absolute Gasteiger partial charge is 0.263 e. The zero-order chi connectivity index (χ0) is 15.6. The predicted molar refractivity (Wildman–Crippen MR) is 86.7 cm³/mol. The van der Waals surface area contributed by atoms with Gasteiger partial charge in [0.25, 0.3) is 10.0 Å². The number of aryl methyl sites for hydroxylation is 1. The van der Waals surface area contributed by atoms with Crippen molar-refractivity contribution in [2.45, 2.75) is 11.8 Å². The second-order valence-electron chi connectivity index (χ2n) is 4.21. The van der Waals surface area contributed by atoms with Gasteiger partial charge in [0.15, 0.2) is 5.82 Å². The van der Waals surface area contributed by atoms with E-state index in [1.807, 2.05) is 6.07 Å². The molecule has 0 spiro atoms. The van der Waals surface area contributed by atoms with E-state index in [-0.39, 0.29) is 15.7 Å². The zero-order valence-corrected chi connectivity index (χ0v) is 14.1. The molecule has 0 bridgehead atoms. The third-order valence-electron chi connectivity index (χ3n) is 2.70. The van der Waals surface area contributed by atoms with E-state index in [9.17, 15) is 8.42 Å². The van der Waals surface area contributed by atoms with Crippen molar-refractivity contribution < 1.29 is 8.42 Å². The molecule has 0 aliphatic rings. The Morgan fingerprint density at radius 1 is 1.33 bits per heavy atom. The highest BCUT2D eigenvalue weighted by atomic mass is 79.9. The standard InChI is InChI=1S/C12H12BrClN4O2S/c1-7-4-8(13)2-3-11(7)18-21(19,20)9-5-10(14)12(17-15)16-6-9/h2-6,18H,15H2,1H3,(H,16,17). The Hall–Kier alpha value is -1.35. The maximum atomic E-state index is 12.3. The van der Waals surface area contributed by atoms with Crippen LogP contribution in [0.2, 0.25) is 5.02 Å². The topological polar surface area (TPSA) is 97.1 Å². The molecule has 2 rings (SSSR count). The number of halogens is 2. The number of nitrogens with zero attached hydrogens (tertiary/aromatic N) is 1. The van der Waals surface area contributed by atoms with Gasteiger partial charge in [0.2, 0.25) is 0 Å². The number of hydrogen-bond acceptors (Lipinski definition) is 5. The van der Waals surface area contributed by atoms with Crippen molar-refractivity contribution in [1.29, 1.82) is 0 Å². The Labute approximate surface area is 135 Å². The second-order valence-corrected chi connectivity index (χ2v) is 7.22. The van der Waals surface area contributed by atoms with Crippen molar-refractivity contribution in [2.75, 3.05) is 10.1 Å². The molecule has 2 aromatic rings. The molecule has 0 unspecified atom stereocenters. The fourth-order valence-electron chi connectivity index (χ4n) is 1.62. The van der Waals surface area contributed by atoms with Crippen molar-refractivity contribution in [2.24, 2.45) is 5.84 Å². The van der Waals surface area contributed by atoms with Gasteiger partial charge < -0.3 is 5.43 Å². The lowest BCUT2D eigenvalue weighted by Crippen LogP contribution is -2.15. The van der Waals surface area contributed by atoms with Crippen LogP contribution in [0.4, 0.5) is 11.5 Å². The number of benzene rings is 1. The summed E-state index contributed by atoms with van der Waals surface area (Å²) in [5.74, 6) is 5.41. The van der Waals surface area contributed by atoms with Crippen LogP contribution in [-0.2, 0) is 10.0 Å². The highest BCUT2D eigenvalue weighted by molar-refractivity contribution is 9.10. The number of hydrogen-bond donors (Lipinski definition) is 3. The Bertz CT molecular complexity index is 783. The minimum atomic E-state index is -3.78. The number of nitrogens with one attached hydrogen (secondary N) is 2. The Kier molecular flexibility index (Phi) is 4.72. The first-order valence-electron chi connectivity index (χ1n) is 5.74. The number of anilines is 2. The molecule has 6 nitrogen and oxygen atoms in total. The fraction of sp³-hybridized carbons (Fsp3) is 0.0833. The first-order valence-corrected chi connectivity index (χ1v) is 8.40. The van der Waals surface area contributed by atoms with Crippen molar-refractivity contribution in [3.8, 4) is 0 Å². The monoisotopic (exact) mass is 390 g/mol. The van der Waals surface area contributed by atoms with Crippen LogP contribution in [0.3, 0.4) is 0 Å².